The molecule has 142 valence electrons. The Bertz CT molecular complexity index is 1010. The smallest absolute Gasteiger partial charge is 0.270 e. The first kappa shape index (κ1) is 17.9. The molecule has 4 rings (SSSR count). The van der Waals surface area contributed by atoms with Gasteiger partial charge < -0.3 is 0 Å². The van der Waals surface area contributed by atoms with Crippen molar-refractivity contribution in [3.05, 3.63) is 41.6 Å². The standard InChI is InChI=1S/C19H21N3O4S/c23-18(9-12-7-8-27(25,26)11-12)21-22-19(24)15-10-17(13-5-6-13)20-16-4-2-1-3-14(15)16/h1-4,10,12-13H,5-9,11H2,(H,21,23)(H,22,24)/t12-/m1/s1. The Hall–Kier alpha value is -2.48. The second-order valence-corrected chi connectivity index (χ2v) is 9.59. The normalized spacial score (nSPS) is 21.1. The molecule has 0 spiro atoms. The number of hydrogen-bond acceptors (Lipinski definition) is 5. The van der Waals surface area contributed by atoms with Crippen molar-refractivity contribution in [3.8, 4) is 0 Å². The summed E-state index contributed by atoms with van der Waals surface area (Å²) < 4.78 is 23.0. The third-order valence-electron chi connectivity index (χ3n) is 5.09. The molecule has 8 heteroatoms. The highest BCUT2D eigenvalue weighted by Gasteiger charge is 2.30. The van der Waals surface area contributed by atoms with E-state index in [4.69, 9.17) is 0 Å². The second-order valence-electron chi connectivity index (χ2n) is 7.36. The van der Waals surface area contributed by atoms with E-state index in [1.165, 1.54) is 0 Å². The average molecular weight is 387 g/mol. The van der Waals surface area contributed by atoms with Gasteiger partial charge in [0.1, 0.15) is 0 Å². The number of nitrogens with zero attached hydrogens (tertiary/aromatic N) is 1. The van der Waals surface area contributed by atoms with Crippen LogP contribution in [-0.2, 0) is 14.6 Å². The largest absolute Gasteiger partial charge is 0.273 e. The van der Waals surface area contributed by atoms with E-state index < -0.39 is 15.7 Å². The molecule has 1 saturated heterocycles. The molecule has 0 unspecified atom stereocenters. The summed E-state index contributed by atoms with van der Waals surface area (Å²) in [4.78, 5) is 29.3. The zero-order valence-corrected chi connectivity index (χ0v) is 15.6. The molecular weight excluding hydrogens is 366 g/mol. The van der Waals surface area contributed by atoms with Crippen molar-refractivity contribution in [1.82, 2.24) is 15.8 Å². The average Bonchev–Trinajstić information content (AvgIpc) is 3.43. The SMILES string of the molecule is O=C(C[C@H]1CCS(=O)(=O)C1)NNC(=O)c1cc(C2CC2)nc2ccccc12. The lowest BCUT2D eigenvalue weighted by Gasteiger charge is -2.12. The Morgan fingerprint density at radius 1 is 1.11 bits per heavy atom. The molecule has 2 heterocycles. The number of carbonyl (C=O) groups excluding carboxylic acids is 2. The molecule has 2 fully saturated rings. The molecule has 27 heavy (non-hydrogen) atoms. The van der Waals surface area contributed by atoms with Gasteiger partial charge in [0.05, 0.1) is 22.6 Å². The molecule has 2 aromatic rings. The molecule has 1 aromatic heterocycles. The van der Waals surface area contributed by atoms with Crippen molar-refractivity contribution >= 4 is 32.6 Å². The lowest BCUT2D eigenvalue weighted by molar-refractivity contribution is -0.122. The number of aromatic nitrogens is 1. The van der Waals surface area contributed by atoms with Crippen LogP contribution in [0.15, 0.2) is 30.3 Å². The van der Waals surface area contributed by atoms with Crippen LogP contribution in [0.3, 0.4) is 0 Å². The quantitative estimate of drug-likeness (QED) is 0.777. The Morgan fingerprint density at radius 2 is 1.89 bits per heavy atom. The van der Waals surface area contributed by atoms with Crippen LogP contribution in [0.25, 0.3) is 10.9 Å². The fourth-order valence-electron chi connectivity index (χ4n) is 3.51. The van der Waals surface area contributed by atoms with E-state index >= 15 is 0 Å². The van der Waals surface area contributed by atoms with Crippen molar-refractivity contribution < 1.29 is 18.0 Å². The van der Waals surface area contributed by atoms with E-state index in [9.17, 15) is 18.0 Å². The summed E-state index contributed by atoms with van der Waals surface area (Å²) in [5.74, 6) is -0.400. The summed E-state index contributed by atoms with van der Waals surface area (Å²) in [6.45, 7) is 0. The van der Waals surface area contributed by atoms with Gasteiger partial charge in [0.25, 0.3) is 5.91 Å². The van der Waals surface area contributed by atoms with Crippen LogP contribution in [0.5, 0.6) is 0 Å². The number of hydrogen-bond donors (Lipinski definition) is 2. The van der Waals surface area contributed by atoms with Gasteiger partial charge in [-0.2, -0.15) is 0 Å². The number of carbonyl (C=O) groups is 2. The lowest BCUT2D eigenvalue weighted by Crippen LogP contribution is -2.42. The van der Waals surface area contributed by atoms with E-state index in [1.807, 2.05) is 24.3 Å². The van der Waals surface area contributed by atoms with Gasteiger partial charge in [0.2, 0.25) is 5.91 Å². The van der Waals surface area contributed by atoms with E-state index in [0.717, 1.165) is 29.4 Å². The molecule has 1 atom stereocenters. The van der Waals surface area contributed by atoms with Crippen LogP contribution in [-0.4, -0.2) is 36.7 Å². The van der Waals surface area contributed by atoms with Crippen molar-refractivity contribution in [2.24, 2.45) is 5.92 Å². The van der Waals surface area contributed by atoms with Gasteiger partial charge in [-0.25, -0.2) is 8.42 Å². The van der Waals surface area contributed by atoms with Gasteiger partial charge in [-0.15, -0.1) is 0 Å². The predicted molar refractivity (Wildman–Crippen MR) is 101 cm³/mol. The molecule has 2 N–H and O–H groups in total. The first-order valence-electron chi connectivity index (χ1n) is 9.10. The lowest BCUT2D eigenvalue weighted by atomic mass is 10.1. The number of nitrogens with one attached hydrogen (secondary N) is 2. The molecule has 1 aliphatic heterocycles. The Morgan fingerprint density at radius 3 is 2.59 bits per heavy atom. The van der Waals surface area contributed by atoms with E-state index in [0.29, 0.717) is 17.9 Å². The van der Waals surface area contributed by atoms with Crippen LogP contribution in [0, 0.1) is 5.92 Å². The van der Waals surface area contributed by atoms with Crippen LogP contribution < -0.4 is 10.9 Å². The van der Waals surface area contributed by atoms with Crippen molar-refractivity contribution in [2.45, 2.75) is 31.6 Å². The molecule has 0 radical (unpaired) electrons. The molecule has 2 aliphatic rings. The summed E-state index contributed by atoms with van der Waals surface area (Å²) in [5, 5.41) is 0.732. The minimum Gasteiger partial charge on any atom is -0.273 e. The Kier molecular flexibility index (Phi) is 4.59. The van der Waals surface area contributed by atoms with Crippen LogP contribution in [0.2, 0.25) is 0 Å². The number of sulfone groups is 1. The maximum absolute atomic E-state index is 12.6. The second kappa shape index (κ2) is 6.92. The minimum atomic E-state index is -3.02. The maximum Gasteiger partial charge on any atom is 0.270 e. The molecule has 1 aromatic carbocycles. The zero-order valence-electron chi connectivity index (χ0n) is 14.8. The molecule has 1 saturated carbocycles. The number of pyridine rings is 1. The van der Waals surface area contributed by atoms with Gasteiger partial charge in [-0.1, -0.05) is 18.2 Å². The third-order valence-corrected chi connectivity index (χ3v) is 6.93. The highest BCUT2D eigenvalue weighted by Crippen LogP contribution is 2.40. The van der Waals surface area contributed by atoms with Gasteiger partial charge in [-0.05, 0) is 37.3 Å². The molecular formula is C19H21N3O4S. The van der Waals surface area contributed by atoms with Gasteiger partial charge in [0.15, 0.2) is 9.84 Å². The highest BCUT2D eigenvalue weighted by molar-refractivity contribution is 7.91. The third kappa shape index (κ3) is 4.10. The number of benzene rings is 1. The topological polar surface area (TPSA) is 105 Å². The molecule has 7 nitrogen and oxygen atoms in total. The molecule has 0 bridgehead atoms. The molecule has 1 aliphatic carbocycles. The summed E-state index contributed by atoms with van der Waals surface area (Å²) in [6, 6.07) is 9.23. The van der Waals surface area contributed by atoms with Crippen LogP contribution in [0.1, 0.15) is 47.7 Å². The number of amides is 2. The van der Waals surface area contributed by atoms with Crippen molar-refractivity contribution in [2.75, 3.05) is 11.5 Å². The first-order valence-corrected chi connectivity index (χ1v) is 10.9. The predicted octanol–water partition coefficient (Wildman–Crippen LogP) is 1.70. The zero-order chi connectivity index (χ0) is 19.0. The monoisotopic (exact) mass is 387 g/mol. The highest BCUT2D eigenvalue weighted by atomic mass is 32.2. The van der Waals surface area contributed by atoms with Crippen molar-refractivity contribution in [3.63, 3.8) is 0 Å². The summed E-state index contributed by atoms with van der Waals surface area (Å²) in [5.41, 5.74) is 7.01. The Labute approximate surface area is 157 Å². The fourth-order valence-corrected chi connectivity index (χ4v) is 5.37. The number of para-hydroxylation sites is 1. The van der Waals surface area contributed by atoms with Crippen LogP contribution in [0.4, 0.5) is 0 Å². The van der Waals surface area contributed by atoms with Gasteiger partial charge in [0, 0.05) is 23.4 Å². The Balaban J connectivity index is 1.44. The van der Waals surface area contributed by atoms with E-state index in [-0.39, 0.29) is 29.8 Å². The van der Waals surface area contributed by atoms with Gasteiger partial charge >= 0.3 is 0 Å². The summed E-state index contributed by atoms with van der Waals surface area (Å²) in [6.07, 6.45) is 2.73. The maximum atomic E-state index is 12.6. The summed E-state index contributed by atoms with van der Waals surface area (Å²) in [7, 11) is -3.02. The van der Waals surface area contributed by atoms with Crippen LogP contribution >= 0.6 is 0 Å². The van der Waals surface area contributed by atoms with Crippen molar-refractivity contribution in [1.29, 1.82) is 0 Å². The number of fused-ring (bicyclic) bond motifs is 1. The molecule has 2 amide bonds. The summed E-state index contributed by atoms with van der Waals surface area (Å²) >= 11 is 0. The number of rotatable bonds is 4. The van der Waals surface area contributed by atoms with E-state index in [1.54, 1.807) is 6.07 Å². The minimum absolute atomic E-state index is 0.0358. The first-order chi connectivity index (χ1) is 12.9. The number of hydrazine groups is 1. The van der Waals surface area contributed by atoms with E-state index in [2.05, 4.69) is 15.8 Å². The fraction of sp³-hybridized carbons (Fsp3) is 0.421. The van der Waals surface area contributed by atoms with Gasteiger partial charge in [-0.3, -0.25) is 25.4 Å².